The predicted octanol–water partition coefficient (Wildman–Crippen LogP) is -0.278. The van der Waals surface area contributed by atoms with Gasteiger partial charge in [0.15, 0.2) is 17.4 Å². The van der Waals surface area contributed by atoms with Crippen LogP contribution in [0.25, 0.3) is 11.2 Å². The van der Waals surface area contributed by atoms with Crippen LogP contribution in [0.1, 0.15) is 13.2 Å². The van der Waals surface area contributed by atoms with Crippen LogP contribution >= 0.6 is 21.6 Å². The predicted molar refractivity (Wildman–Crippen MR) is 89.1 cm³/mol. The molecule has 11 heteroatoms. The molecular formula is C12H17N5O4S2. The van der Waals surface area contributed by atoms with E-state index in [0.29, 0.717) is 0 Å². The van der Waals surface area contributed by atoms with Gasteiger partial charge in [-0.2, -0.15) is 4.98 Å². The van der Waals surface area contributed by atoms with Gasteiger partial charge in [0.1, 0.15) is 6.10 Å². The molecule has 2 aromatic rings. The van der Waals surface area contributed by atoms with E-state index < -0.39 is 24.0 Å². The van der Waals surface area contributed by atoms with Crippen molar-refractivity contribution in [2.24, 2.45) is 0 Å². The number of ether oxygens (including phenoxy) is 1. The van der Waals surface area contributed by atoms with Crippen LogP contribution in [0.5, 0.6) is 0 Å². The summed E-state index contributed by atoms with van der Waals surface area (Å²) in [6, 6.07) is 0. The molecule has 2 aromatic heterocycles. The number of aliphatic hydroxyl groups excluding tert-OH is 2. The molecule has 1 aliphatic heterocycles. The molecule has 3 rings (SSSR count). The first-order chi connectivity index (χ1) is 11.1. The average Bonchev–Trinajstić information content (AvgIpc) is 3.06. The SMILES string of the molecule is CCSSC1[C@@H](O)[C@@H](CO)O[C@H]1n1cnc2c(=O)[nH]c(N)nc21. The summed E-state index contributed by atoms with van der Waals surface area (Å²) in [6.45, 7) is 1.71. The van der Waals surface area contributed by atoms with E-state index in [1.165, 1.54) is 17.1 Å². The van der Waals surface area contributed by atoms with Gasteiger partial charge < -0.3 is 20.7 Å². The molecule has 126 valence electrons. The van der Waals surface area contributed by atoms with Gasteiger partial charge in [-0.3, -0.25) is 14.3 Å². The summed E-state index contributed by atoms with van der Waals surface area (Å²) in [7, 11) is 3.05. The number of nitrogens with two attached hydrogens (primary N) is 1. The van der Waals surface area contributed by atoms with Crippen molar-refractivity contribution in [3.05, 3.63) is 16.7 Å². The van der Waals surface area contributed by atoms with Gasteiger partial charge in [0, 0.05) is 5.75 Å². The minimum Gasteiger partial charge on any atom is -0.394 e. The van der Waals surface area contributed by atoms with Crippen molar-refractivity contribution in [1.29, 1.82) is 0 Å². The Bertz CT molecular complexity index is 751. The molecule has 9 nitrogen and oxygen atoms in total. The molecule has 0 bridgehead atoms. The van der Waals surface area contributed by atoms with E-state index in [9.17, 15) is 15.0 Å². The first-order valence-corrected chi connectivity index (χ1v) is 9.40. The monoisotopic (exact) mass is 359 g/mol. The third-order valence-corrected chi connectivity index (χ3v) is 6.40. The van der Waals surface area contributed by atoms with Gasteiger partial charge in [0.05, 0.1) is 24.3 Å². The highest BCUT2D eigenvalue weighted by Gasteiger charge is 2.45. The largest absolute Gasteiger partial charge is 0.394 e. The van der Waals surface area contributed by atoms with Gasteiger partial charge in [0.2, 0.25) is 5.95 Å². The molecule has 1 aliphatic rings. The molecule has 4 atom stereocenters. The average molecular weight is 359 g/mol. The number of aromatic nitrogens is 4. The molecule has 23 heavy (non-hydrogen) atoms. The zero-order valence-electron chi connectivity index (χ0n) is 12.2. The summed E-state index contributed by atoms with van der Waals surface area (Å²) in [5.41, 5.74) is 5.60. The summed E-state index contributed by atoms with van der Waals surface area (Å²) in [4.78, 5) is 22.4. The summed E-state index contributed by atoms with van der Waals surface area (Å²) in [5, 5.41) is 19.4. The molecule has 1 unspecified atom stereocenters. The second-order valence-electron chi connectivity index (χ2n) is 4.98. The lowest BCUT2D eigenvalue weighted by Crippen LogP contribution is -2.31. The van der Waals surface area contributed by atoms with Crippen molar-refractivity contribution in [2.75, 3.05) is 18.1 Å². The molecule has 1 saturated heterocycles. The highest BCUT2D eigenvalue weighted by Crippen LogP contribution is 2.43. The molecule has 3 heterocycles. The molecule has 0 radical (unpaired) electrons. The van der Waals surface area contributed by atoms with Crippen molar-refractivity contribution in [3.63, 3.8) is 0 Å². The van der Waals surface area contributed by atoms with E-state index in [1.807, 2.05) is 6.92 Å². The van der Waals surface area contributed by atoms with Crippen LogP contribution in [0, 0.1) is 0 Å². The number of hydrogen-bond acceptors (Lipinski definition) is 9. The van der Waals surface area contributed by atoms with Crippen LogP contribution in [0.3, 0.4) is 0 Å². The first kappa shape index (κ1) is 16.6. The lowest BCUT2D eigenvalue weighted by molar-refractivity contribution is -0.0430. The fourth-order valence-corrected chi connectivity index (χ4v) is 4.85. The number of imidazole rings is 1. The fraction of sp³-hybridized carbons (Fsp3) is 0.583. The third-order valence-electron chi connectivity index (χ3n) is 3.51. The number of anilines is 1. The van der Waals surface area contributed by atoms with Gasteiger partial charge in [0.25, 0.3) is 5.56 Å². The van der Waals surface area contributed by atoms with Crippen LogP contribution in [0.4, 0.5) is 5.95 Å². The number of rotatable bonds is 5. The highest BCUT2D eigenvalue weighted by atomic mass is 33.1. The van der Waals surface area contributed by atoms with Crippen LogP contribution in [-0.4, -0.2) is 59.5 Å². The molecule has 1 fully saturated rings. The molecular weight excluding hydrogens is 342 g/mol. The van der Waals surface area contributed by atoms with Crippen molar-refractivity contribution in [1.82, 2.24) is 19.5 Å². The molecule has 0 aromatic carbocycles. The number of nitrogen functional groups attached to an aromatic ring is 1. The molecule has 5 N–H and O–H groups in total. The first-order valence-electron chi connectivity index (χ1n) is 7.01. The standard InChI is InChI=1S/C12H17N5O4S2/c1-2-22-23-8-7(19)5(3-18)21-11(8)17-4-14-6-9(17)15-12(13)16-10(6)20/h4-5,7-8,11,18-19H,2-3H2,1H3,(H3,13,15,16,20)/t5-,7+,8?,11-/m1/s1. The summed E-state index contributed by atoms with van der Waals surface area (Å²) in [6.07, 6.45) is -0.712. The Labute approximate surface area is 139 Å². The Balaban J connectivity index is 2.03. The van der Waals surface area contributed by atoms with Crippen LogP contribution in [0.2, 0.25) is 0 Å². The second kappa shape index (κ2) is 6.69. The third kappa shape index (κ3) is 2.94. The van der Waals surface area contributed by atoms with E-state index in [1.54, 1.807) is 15.4 Å². The van der Waals surface area contributed by atoms with Gasteiger partial charge in [-0.1, -0.05) is 28.5 Å². The van der Waals surface area contributed by atoms with Crippen molar-refractivity contribution in [3.8, 4) is 0 Å². The number of hydrogen-bond donors (Lipinski definition) is 4. The van der Waals surface area contributed by atoms with Crippen LogP contribution in [-0.2, 0) is 4.74 Å². The van der Waals surface area contributed by atoms with Crippen molar-refractivity contribution in [2.45, 2.75) is 30.6 Å². The Morgan fingerprint density at radius 1 is 1.57 bits per heavy atom. The molecule has 0 aliphatic carbocycles. The Morgan fingerprint density at radius 2 is 2.35 bits per heavy atom. The number of nitrogens with zero attached hydrogens (tertiary/aromatic N) is 3. The van der Waals surface area contributed by atoms with Crippen LogP contribution in [0.15, 0.2) is 11.1 Å². The van der Waals surface area contributed by atoms with Gasteiger partial charge in [-0.05, 0) is 0 Å². The highest BCUT2D eigenvalue weighted by molar-refractivity contribution is 8.76. The van der Waals surface area contributed by atoms with Gasteiger partial charge in [-0.25, -0.2) is 4.98 Å². The van der Waals surface area contributed by atoms with E-state index in [0.717, 1.165) is 5.75 Å². The van der Waals surface area contributed by atoms with Gasteiger partial charge >= 0.3 is 0 Å². The molecule has 0 amide bonds. The summed E-state index contributed by atoms with van der Waals surface area (Å²) < 4.78 is 7.34. The quantitative estimate of drug-likeness (QED) is 0.531. The normalized spacial score (nSPS) is 27.8. The number of aliphatic hydroxyl groups is 2. The lowest BCUT2D eigenvalue weighted by Gasteiger charge is -2.20. The van der Waals surface area contributed by atoms with E-state index >= 15 is 0 Å². The number of nitrogens with one attached hydrogen (secondary N) is 1. The van der Waals surface area contributed by atoms with E-state index in [4.69, 9.17) is 10.5 Å². The zero-order valence-corrected chi connectivity index (χ0v) is 13.9. The molecule has 0 saturated carbocycles. The number of H-pyrrole nitrogens is 1. The Morgan fingerprint density at radius 3 is 3.04 bits per heavy atom. The fourth-order valence-electron chi connectivity index (χ4n) is 2.47. The van der Waals surface area contributed by atoms with Crippen molar-refractivity contribution < 1.29 is 14.9 Å². The topological polar surface area (TPSA) is 139 Å². The number of fused-ring (bicyclic) bond motifs is 1. The summed E-state index contributed by atoms with van der Waals surface area (Å²) >= 11 is 0. The maximum Gasteiger partial charge on any atom is 0.280 e. The lowest BCUT2D eigenvalue weighted by atomic mass is 10.2. The maximum atomic E-state index is 11.9. The van der Waals surface area contributed by atoms with E-state index in [2.05, 4.69) is 15.0 Å². The molecule has 0 spiro atoms. The van der Waals surface area contributed by atoms with E-state index in [-0.39, 0.29) is 29.0 Å². The van der Waals surface area contributed by atoms with Crippen LogP contribution < -0.4 is 11.3 Å². The Kier molecular flexibility index (Phi) is 4.82. The maximum absolute atomic E-state index is 11.9. The minimum absolute atomic E-state index is 0.0198. The van der Waals surface area contributed by atoms with Crippen molar-refractivity contribution >= 4 is 38.7 Å². The zero-order chi connectivity index (χ0) is 16.6. The summed E-state index contributed by atoms with van der Waals surface area (Å²) in [5.74, 6) is 0.841. The smallest absolute Gasteiger partial charge is 0.280 e. The number of aromatic amines is 1. The van der Waals surface area contributed by atoms with Gasteiger partial charge in [-0.15, -0.1) is 0 Å². The Hall–Kier alpha value is -1.27. The minimum atomic E-state index is -0.842. The second-order valence-corrected chi connectivity index (χ2v) is 7.82.